The first kappa shape index (κ1) is 15.2. The van der Waals surface area contributed by atoms with Gasteiger partial charge in [-0.1, -0.05) is 39.0 Å². The van der Waals surface area contributed by atoms with Crippen molar-refractivity contribution in [2.75, 3.05) is 5.32 Å². The summed E-state index contributed by atoms with van der Waals surface area (Å²) < 4.78 is 0. The molecule has 0 aliphatic heterocycles. The van der Waals surface area contributed by atoms with Gasteiger partial charge in [-0.05, 0) is 30.7 Å². The first-order chi connectivity index (χ1) is 9.26. The second kappa shape index (κ2) is 9.16. The topological polar surface area (TPSA) is 52.9 Å². The van der Waals surface area contributed by atoms with E-state index in [0.29, 0.717) is 12.0 Å². The van der Waals surface area contributed by atoms with E-state index < -0.39 is 0 Å². The molecule has 1 N–H and O–H groups in total. The second-order valence-corrected chi connectivity index (χ2v) is 4.76. The minimum absolute atomic E-state index is 0.0557. The highest BCUT2D eigenvalue weighted by Gasteiger charge is 2.02. The van der Waals surface area contributed by atoms with E-state index in [1.807, 2.05) is 0 Å². The van der Waals surface area contributed by atoms with Gasteiger partial charge in [-0.15, -0.1) is 0 Å². The molecule has 3 nitrogen and oxygen atoms in total. The van der Waals surface area contributed by atoms with Crippen LogP contribution in [-0.4, -0.2) is 5.91 Å². The number of benzene rings is 1. The number of nitrogens with zero attached hydrogens (tertiary/aromatic N) is 1. The lowest BCUT2D eigenvalue weighted by molar-refractivity contribution is -0.116. The van der Waals surface area contributed by atoms with Crippen LogP contribution in [-0.2, 0) is 4.79 Å². The van der Waals surface area contributed by atoms with Gasteiger partial charge in [0.15, 0.2) is 0 Å². The Bertz CT molecular complexity index is 417. The van der Waals surface area contributed by atoms with Crippen molar-refractivity contribution in [1.82, 2.24) is 0 Å². The van der Waals surface area contributed by atoms with Crippen molar-refractivity contribution in [3.63, 3.8) is 0 Å². The van der Waals surface area contributed by atoms with Gasteiger partial charge in [-0.25, -0.2) is 0 Å². The van der Waals surface area contributed by atoms with Gasteiger partial charge in [0, 0.05) is 12.1 Å². The lowest BCUT2D eigenvalue weighted by atomic mass is 10.1. The van der Waals surface area contributed by atoms with E-state index in [-0.39, 0.29) is 5.91 Å². The summed E-state index contributed by atoms with van der Waals surface area (Å²) in [4.78, 5) is 11.7. The van der Waals surface area contributed by atoms with E-state index in [4.69, 9.17) is 5.26 Å². The minimum Gasteiger partial charge on any atom is -0.326 e. The molecule has 1 amide bonds. The Morgan fingerprint density at radius 2 is 1.74 bits per heavy atom. The number of hydrogen-bond acceptors (Lipinski definition) is 2. The SMILES string of the molecule is CCCCCCCCC(=O)Nc1ccc(C#N)cc1. The van der Waals surface area contributed by atoms with Crippen molar-refractivity contribution < 1.29 is 4.79 Å². The van der Waals surface area contributed by atoms with Crippen molar-refractivity contribution in [2.45, 2.75) is 51.9 Å². The summed E-state index contributed by atoms with van der Waals surface area (Å²) in [6.07, 6.45) is 7.68. The Balaban J connectivity index is 2.18. The van der Waals surface area contributed by atoms with Crippen molar-refractivity contribution in [3.8, 4) is 6.07 Å². The summed E-state index contributed by atoms with van der Waals surface area (Å²) in [7, 11) is 0. The van der Waals surface area contributed by atoms with E-state index in [1.54, 1.807) is 24.3 Å². The van der Waals surface area contributed by atoms with Crippen molar-refractivity contribution in [3.05, 3.63) is 29.8 Å². The molecule has 0 spiro atoms. The molecule has 0 aromatic heterocycles. The molecule has 102 valence electrons. The molecule has 3 heteroatoms. The van der Waals surface area contributed by atoms with Gasteiger partial charge in [-0.3, -0.25) is 4.79 Å². The van der Waals surface area contributed by atoms with Crippen LogP contribution in [0.3, 0.4) is 0 Å². The zero-order valence-corrected chi connectivity index (χ0v) is 11.6. The summed E-state index contributed by atoms with van der Waals surface area (Å²) >= 11 is 0. The summed E-state index contributed by atoms with van der Waals surface area (Å²) in [5.41, 5.74) is 1.36. The molecule has 0 radical (unpaired) electrons. The van der Waals surface area contributed by atoms with Gasteiger partial charge < -0.3 is 5.32 Å². The summed E-state index contributed by atoms with van der Waals surface area (Å²) in [5, 5.41) is 11.5. The molecule has 1 aromatic carbocycles. The fraction of sp³-hybridized carbons (Fsp3) is 0.500. The predicted octanol–water partition coefficient (Wildman–Crippen LogP) is 4.25. The van der Waals surface area contributed by atoms with E-state index in [9.17, 15) is 4.79 Å². The lowest BCUT2D eigenvalue weighted by Gasteiger charge is -2.05. The maximum Gasteiger partial charge on any atom is 0.224 e. The highest BCUT2D eigenvalue weighted by Crippen LogP contribution is 2.11. The number of hydrogen-bond donors (Lipinski definition) is 1. The van der Waals surface area contributed by atoms with E-state index in [1.165, 1.54) is 25.7 Å². The molecular formula is C16H22N2O. The van der Waals surface area contributed by atoms with Gasteiger partial charge in [-0.2, -0.15) is 5.26 Å². The molecule has 0 atom stereocenters. The van der Waals surface area contributed by atoms with Gasteiger partial charge in [0.25, 0.3) is 0 Å². The molecule has 1 rings (SSSR count). The van der Waals surface area contributed by atoms with Gasteiger partial charge in [0.1, 0.15) is 0 Å². The zero-order chi connectivity index (χ0) is 13.9. The summed E-state index contributed by atoms with van der Waals surface area (Å²) in [6, 6.07) is 8.99. The fourth-order valence-corrected chi connectivity index (χ4v) is 1.92. The minimum atomic E-state index is 0.0557. The average Bonchev–Trinajstić information content (AvgIpc) is 2.43. The van der Waals surface area contributed by atoms with Gasteiger partial charge in [0.2, 0.25) is 5.91 Å². The number of rotatable bonds is 8. The molecule has 0 aliphatic carbocycles. The summed E-state index contributed by atoms with van der Waals surface area (Å²) in [6.45, 7) is 2.20. The van der Waals surface area contributed by atoms with Crippen LogP contribution < -0.4 is 5.32 Å². The quantitative estimate of drug-likeness (QED) is 0.709. The van der Waals surface area contributed by atoms with Crippen LogP contribution in [0, 0.1) is 11.3 Å². The number of carbonyl (C=O) groups excluding carboxylic acids is 1. The normalized spacial score (nSPS) is 9.89. The molecule has 0 fully saturated rings. The van der Waals surface area contributed by atoms with Gasteiger partial charge in [0.05, 0.1) is 11.6 Å². The summed E-state index contributed by atoms with van der Waals surface area (Å²) in [5.74, 6) is 0.0557. The van der Waals surface area contributed by atoms with E-state index >= 15 is 0 Å². The Morgan fingerprint density at radius 1 is 1.11 bits per heavy atom. The monoisotopic (exact) mass is 258 g/mol. The molecule has 19 heavy (non-hydrogen) atoms. The van der Waals surface area contributed by atoms with E-state index in [0.717, 1.165) is 18.5 Å². The Labute approximate surface area is 115 Å². The lowest BCUT2D eigenvalue weighted by Crippen LogP contribution is -2.10. The molecule has 0 saturated carbocycles. The number of unbranched alkanes of at least 4 members (excludes halogenated alkanes) is 5. The number of amides is 1. The van der Waals surface area contributed by atoms with Gasteiger partial charge >= 0.3 is 0 Å². The van der Waals surface area contributed by atoms with Crippen LogP contribution in [0.4, 0.5) is 5.69 Å². The Kier molecular flexibility index (Phi) is 7.34. The van der Waals surface area contributed by atoms with Crippen LogP contribution in [0.25, 0.3) is 0 Å². The molecule has 0 bridgehead atoms. The molecule has 0 saturated heterocycles. The van der Waals surface area contributed by atoms with Crippen LogP contribution in [0.2, 0.25) is 0 Å². The van der Waals surface area contributed by atoms with Crippen LogP contribution in [0.5, 0.6) is 0 Å². The molecule has 1 aromatic rings. The smallest absolute Gasteiger partial charge is 0.224 e. The highest BCUT2D eigenvalue weighted by molar-refractivity contribution is 5.90. The number of nitrogens with one attached hydrogen (secondary N) is 1. The van der Waals surface area contributed by atoms with Crippen LogP contribution in [0.1, 0.15) is 57.4 Å². The molecule has 0 heterocycles. The zero-order valence-electron chi connectivity index (χ0n) is 11.6. The maximum atomic E-state index is 11.7. The van der Waals surface area contributed by atoms with Crippen molar-refractivity contribution in [2.24, 2.45) is 0 Å². The largest absolute Gasteiger partial charge is 0.326 e. The number of carbonyl (C=O) groups is 1. The first-order valence-corrected chi connectivity index (χ1v) is 7.06. The average molecular weight is 258 g/mol. The number of anilines is 1. The molecule has 0 unspecified atom stereocenters. The predicted molar refractivity (Wildman–Crippen MR) is 77.8 cm³/mol. The maximum absolute atomic E-state index is 11.7. The second-order valence-electron chi connectivity index (χ2n) is 4.76. The Morgan fingerprint density at radius 3 is 2.37 bits per heavy atom. The fourth-order valence-electron chi connectivity index (χ4n) is 1.92. The standard InChI is InChI=1S/C16H22N2O/c1-2-3-4-5-6-7-8-16(19)18-15-11-9-14(13-17)10-12-15/h9-12H,2-8H2,1H3,(H,18,19). The highest BCUT2D eigenvalue weighted by atomic mass is 16.1. The van der Waals surface area contributed by atoms with Crippen molar-refractivity contribution >= 4 is 11.6 Å². The van der Waals surface area contributed by atoms with E-state index in [2.05, 4.69) is 18.3 Å². The third-order valence-corrected chi connectivity index (χ3v) is 3.06. The Hall–Kier alpha value is -1.82. The molecule has 0 aliphatic rings. The van der Waals surface area contributed by atoms with Crippen LogP contribution >= 0.6 is 0 Å². The third kappa shape index (κ3) is 6.61. The first-order valence-electron chi connectivity index (χ1n) is 7.06. The third-order valence-electron chi connectivity index (χ3n) is 3.06. The van der Waals surface area contributed by atoms with Crippen LogP contribution in [0.15, 0.2) is 24.3 Å². The van der Waals surface area contributed by atoms with Crippen molar-refractivity contribution in [1.29, 1.82) is 5.26 Å². The number of nitriles is 1. The molecular weight excluding hydrogens is 236 g/mol.